The highest BCUT2D eigenvalue weighted by Crippen LogP contribution is 2.22. The lowest BCUT2D eigenvalue weighted by atomic mass is 10.3. The summed E-state index contributed by atoms with van der Waals surface area (Å²) in [6, 6.07) is 8.90. The monoisotopic (exact) mass is 321 g/mol. The topological polar surface area (TPSA) is 28.2 Å². The van der Waals surface area contributed by atoms with Crippen molar-refractivity contribution in [3.05, 3.63) is 45.2 Å². The SMILES string of the molecule is CN(CCc1cccs1)c1ccc(Cl)c(CNC2CC2)n1. The number of thiophene rings is 1. The maximum absolute atomic E-state index is 6.24. The van der Waals surface area contributed by atoms with Gasteiger partial charge in [-0.2, -0.15) is 0 Å². The lowest BCUT2D eigenvalue weighted by Crippen LogP contribution is -2.22. The van der Waals surface area contributed by atoms with Crippen LogP contribution >= 0.6 is 22.9 Å². The van der Waals surface area contributed by atoms with Gasteiger partial charge < -0.3 is 10.2 Å². The molecule has 21 heavy (non-hydrogen) atoms. The Morgan fingerprint density at radius 1 is 1.38 bits per heavy atom. The highest BCUT2D eigenvalue weighted by molar-refractivity contribution is 7.09. The van der Waals surface area contributed by atoms with Crippen LogP contribution in [0, 0.1) is 0 Å². The number of nitrogens with zero attached hydrogens (tertiary/aromatic N) is 2. The molecule has 2 heterocycles. The average molecular weight is 322 g/mol. The first-order chi connectivity index (χ1) is 10.2. The van der Waals surface area contributed by atoms with Crippen LogP contribution in [0.4, 0.5) is 5.82 Å². The molecule has 0 amide bonds. The van der Waals surface area contributed by atoms with E-state index in [0.717, 1.165) is 36.0 Å². The molecule has 1 fully saturated rings. The van der Waals surface area contributed by atoms with E-state index in [9.17, 15) is 0 Å². The summed E-state index contributed by atoms with van der Waals surface area (Å²) in [5.74, 6) is 0.989. The molecule has 0 atom stereocenters. The number of rotatable bonds is 7. The number of pyridine rings is 1. The first-order valence-electron chi connectivity index (χ1n) is 7.34. The number of likely N-dealkylation sites (N-methyl/N-ethyl adjacent to an activating group) is 1. The molecule has 0 aromatic carbocycles. The fraction of sp³-hybridized carbons (Fsp3) is 0.438. The fourth-order valence-corrected chi connectivity index (χ4v) is 3.06. The van der Waals surface area contributed by atoms with Crippen LogP contribution in [0.15, 0.2) is 29.6 Å². The standard InChI is InChI=1S/C16H20ClN3S/c1-20(9-8-13-3-2-10-21-13)16-7-6-14(17)15(19-16)11-18-12-4-5-12/h2-3,6-7,10,12,18H,4-5,8-9,11H2,1H3. The molecule has 1 N–H and O–H groups in total. The zero-order chi connectivity index (χ0) is 14.7. The predicted molar refractivity (Wildman–Crippen MR) is 90.4 cm³/mol. The van der Waals surface area contributed by atoms with Gasteiger partial charge >= 0.3 is 0 Å². The van der Waals surface area contributed by atoms with Crippen molar-refractivity contribution in [2.24, 2.45) is 0 Å². The van der Waals surface area contributed by atoms with Crippen LogP contribution in [0.3, 0.4) is 0 Å². The van der Waals surface area contributed by atoms with Crippen LogP contribution < -0.4 is 10.2 Å². The first kappa shape index (κ1) is 14.8. The molecule has 1 aliphatic carbocycles. The number of aromatic nitrogens is 1. The Labute approximate surface area is 135 Å². The summed E-state index contributed by atoms with van der Waals surface area (Å²) in [6.07, 6.45) is 3.60. The Balaban J connectivity index is 1.61. The van der Waals surface area contributed by atoms with Gasteiger partial charge in [-0.25, -0.2) is 4.98 Å². The smallest absolute Gasteiger partial charge is 0.128 e. The van der Waals surface area contributed by atoms with Crippen LogP contribution in [-0.4, -0.2) is 24.6 Å². The van der Waals surface area contributed by atoms with Crippen molar-refractivity contribution in [2.75, 3.05) is 18.5 Å². The van der Waals surface area contributed by atoms with Gasteiger partial charge in [-0.3, -0.25) is 0 Å². The third-order valence-corrected chi connectivity index (χ3v) is 4.98. The van der Waals surface area contributed by atoms with E-state index in [1.54, 1.807) is 11.3 Å². The molecule has 0 spiro atoms. The van der Waals surface area contributed by atoms with Gasteiger partial charge in [0.25, 0.3) is 0 Å². The second-order valence-electron chi connectivity index (χ2n) is 5.50. The van der Waals surface area contributed by atoms with E-state index in [0.29, 0.717) is 6.04 Å². The summed E-state index contributed by atoms with van der Waals surface area (Å²) < 4.78 is 0. The van der Waals surface area contributed by atoms with Crippen molar-refractivity contribution in [2.45, 2.75) is 31.8 Å². The van der Waals surface area contributed by atoms with E-state index in [2.05, 4.69) is 34.8 Å². The Morgan fingerprint density at radius 2 is 2.24 bits per heavy atom. The quantitative estimate of drug-likeness (QED) is 0.842. The van der Waals surface area contributed by atoms with Crippen LogP contribution in [0.1, 0.15) is 23.4 Å². The minimum atomic E-state index is 0.670. The molecule has 2 aromatic heterocycles. The number of anilines is 1. The van der Waals surface area contributed by atoms with Gasteiger partial charge in [0.15, 0.2) is 0 Å². The molecule has 3 nitrogen and oxygen atoms in total. The van der Waals surface area contributed by atoms with Crippen molar-refractivity contribution in [3.63, 3.8) is 0 Å². The summed E-state index contributed by atoms with van der Waals surface area (Å²) in [5.41, 5.74) is 0.948. The Hall–Kier alpha value is -1.10. The summed E-state index contributed by atoms with van der Waals surface area (Å²) in [7, 11) is 2.09. The van der Waals surface area contributed by atoms with E-state index < -0.39 is 0 Å². The highest BCUT2D eigenvalue weighted by Gasteiger charge is 2.20. The van der Waals surface area contributed by atoms with Crippen molar-refractivity contribution in [1.29, 1.82) is 0 Å². The molecule has 1 aliphatic rings. The largest absolute Gasteiger partial charge is 0.359 e. The van der Waals surface area contributed by atoms with Crippen LogP contribution in [0.5, 0.6) is 0 Å². The van der Waals surface area contributed by atoms with Gasteiger partial charge in [0.1, 0.15) is 5.82 Å². The van der Waals surface area contributed by atoms with Gasteiger partial charge in [-0.15, -0.1) is 11.3 Å². The molecule has 5 heteroatoms. The van der Waals surface area contributed by atoms with Crippen LogP contribution in [0.2, 0.25) is 5.02 Å². The summed E-state index contributed by atoms with van der Waals surface area (Å²) in [6.45, 7) is 1.72. The third kappa shape index (κ3) is 4.19. The second-order valence-corrected chi connectivity index (χ2v) is 6.94. The fourth-order valence-electron chi connectivity index (χ4n) is 2.19. The molecule has 112 valence electrons. The third-order valence-electron chi connectivity index (χ3n) is 3.70. The normalized spacial score (nSPS) is 14.4. The predicted octanol–water partition coefficient (Wildman–Crippen LogP) is 3.73. The Morgan fingerprint density at radius 3 is 2.95 bits per heavy atom. The lowest BCUT2D eigenvalue weighted by molar-refractivity contribution is 0.673. The Kier molecular flexibility index (Phi) is 4.78. The van der Waals surface area contributed by atoms with E-state index >= 15 is 0 Å². The molecule has 2 aromatic rings. The molecular weight excluding hydrogens is 302 g/mol. The molecular formula is C16H20ClN3S. The molecule has 0 bridgehead atoms. The van der Waals surface area contributed by atoms with Crippen molar-refractivity contribution in [1.82, 2.24) is 10.3 Å². The van der Waals surface area contributed by atoms with Gasteiger partial charge in [0, 0.05) is 31.1 Å². The van der Waals surface area contributed by atoms with E-state index in [1.165, 1.54) is 17.7 Å². The average Bonchev–Trinajstić information content (AvgIpc) is 3.17. The number of hydrogen-bond donors (Lipinski definition) is 1. The van der Waals surface area contributed by atoms with Gasteiger partial charge in [-0.1, -0.05) is 17.7 Å². The summed E-state index contributed by atoms with van der Waals surface area (Å²) in [4.78, 5) is 8.31. The molecule has 0 radical (unpaired) electrons. The van der Waals surface area contributed by atoms with Crippen LogP contribution in [-0.2, 0) is 13.0 Å². The molecule has 3 rings (SSSR count). The molecule has 0 unspecified atom stereocenters. The zero-order valence-electron chi connectivity index (χ0n) is 12.2. The minimum absolute atomic E-state index is 0.670. The van der Waals surface area contributed by atoms with E-state index in [4.69, 9.17) is 16.6 Å². The molecule has 0 saturated heterocycles. The summed E-state index contributed by atoms with van der Waals surface area (Å²) >= 11 is 8.05. The van der Waals surface area contributed by atoms with E-state index in [-0.39, 0.29) is 0 Å². The van der Waals surface area contributed by atoms with Gasteiger partial charge in [0.2, 0.25) is 0 Å². The maximum atomic E-state index is 6.24. The number of hydrogen-bond acceptors (Lipinski definition) is 4. The maximum Gasteiger partial charge on any atom is 0.128 e. The van der Waals surface area contributed by atoms with Crippen molar-refractivity contribution in [3.8, 4) is 0 Å². The van der Waals surface area contributed by atoms with Crippen molar-refractivity contribution >= 4 is 28.8 Å². The highest BCUT2D eigenvalue weighted by atomic mass is 35.5. The Bertz CT molecular complexity index is 581. The van der Waals surface area contributed by atoms with Crippen molar-refractivity contribution < 1.29 is 0 Å². The van der Waals surface area contributed by atoms with Crippen LogP contribution in [0.25, 0.3) is 0 Å². The molecule has 0 aliphatic heterocycles. The second kappa shape index (κ2) is 6.77. The lowest BCUT2D eigenvalue weighted by Gasteiger charge is -2.19. The zero-order valence-corrected chi connectivity index (χ0v) is 13.8. The van der Waals surface area contributed by atoms with Gasteiger partial charge in [0.05, 0.1) is 10.7 Å². The number of nitrogens with one attached hydrogen (secondary N) is 1. The molecule has 1 saturated carbocycles. The summed E-state index contributed by atoms with van der Waals surface area (Å²) in [5, 5.41) is 6.34. The van der Waals surface area contributed by atoms with Gasteiger partial charge in [-0.05, 0) is 42.8 Å². The number of halogens is 1. The van der Waals surface area contributed by atoms with E-state index in [1.807, 2.05) is 12.1 Å². The minimum Gasteiger partial charge on any atom is -0.359 e. The first-order valence-corrected chi connectivity index (χ1v) is 8.60.